The number of hydrogen-bond donors (Lipinski definition) is 2. The molecule has 0 aliphatic carbocycles. The molecule has 7 nitrogen and oxygen atoms in total. The summed E-state index contributed by atoms with van der Waals surface area (Å²) in [5.41, 5.74) is 4.07. The van der Waals surface area contributed by atoms with Gasteiger partial charge in [-0.2, -0.15) is 0 Å². The Morgan fingerprint density at radius 3 is 2.57 bits per heavy atom. The zero-order valence-electron chi connectivity index (χ0n) is 16.9. The van der Waals surface area contributed by atoms with Gasteiger partial charge in [-0.1, -0.05) is 12.1 Å². The second kappa shape index (κ2) is 8.08. The fraction of sp³-hybridized carbons (Fsp3) is 0.182. The first kappa shape index (κ1) is 21.2. The highest BCUT2D eigenvalue weighted by atomic mass is 32.1. The van der Waals surface area contributed by atoms with Crippen molar-refractivity contribution in [2.24, 2.45) is 0 Å². The van der Waals surface area contributed by atoms with Gasteiger partial charge in [0.15, 0.2) is 5.11 Å². The largest absolute Gasteiger partial charge is 0.478 e. The Morgan fingerprint density at radius 2 is 1.93 bits per heavy atom. The third kappa shape index (κ3) is 3.69. The molecule has 1 aromatic carbocycles. The number of aromatic carboxylic acids is 1. The van der Waals surface area contributed by atoms with Crippen LogP contribution in [0.3, 0.4) is 0 Å². The van der Waals surface area contributed by atoms with Crippen molar-refractivity contribution in [1.82, 2.24) is 14.8 Å². The van der Waals surface area contributed by atoms with E-state index in [1.54, 1.807) is 18.2 Å². The molecule has 8 heteroatoms. The Labute approximate surface area is 179 Å². The number of amides is 2. The van der Waals surface area contributed by atoms with Crippen LogP contribution in [0.2, 0.25) is 0 Å². The molecule has 0 radical (unpaired) electrons. The van der Waals surface area contributed by atoms with Gasteiger partial charge in [0.25, 0.3) is 11.8 Å². The predicted molar refractivity (Wildman–Crippen MR) is 118 cm³/mol. The second-order valence-corrected chi connectivity index (χ2v) is 7.38. The predicted octanol–water partition coefficient (Wildman–Crippen LogP) is 2.91. The number of carbonyl (C=O) groups excluding carboxylic acids is 2. The Bertz CT molecular complexity index is 1140. The highest BCUT2D eigenvalue weighted by Gasteiger charge is 2.33. The first-order chi connectivity index (χ1) is 14.1. The molecule has 0 atom stereocenters. The molecule has 0 bridgehead atoms. The molecule has 2 heterocycles. The summed E-state index contributed by atoms with van der Waals surface area (Å²) in [5.74, 6) is -2.06. The summed E-state index contributed by atoms with van der Waals surface area (Å²) < 4.78 is 1.91. The van der Waals surface area contributed by atoms with Crippen molar-refractivity contribution in [3.63, 3.8) is 0 Å². The van der Waals surface area contributed by atoms with Gasteiger partial charge in [-0.15, -0.1) is 6.58 Å². The Morgan fingerprint density at radius 1 is 1.23 bits per heavy atom. The number of rotatable bonds is 5. The molecule has 0 spiro atoms. The fourth-order valence-corrected chi connectivity index (χ4v) is 3.68. The maximum atomic E-state index is 12.8. The number of benzene rings is 1. The molecule has 1 fully saturated rings. The van der Waals surface area contributed by atoms with Crippen molar-refractivity contribution in [2.75, 3.05) is 6.54 Å². The van der Waals surface area contributed by atoms with Gasteiger partial charge in [-0.3, -0.25) is 19.8 Å². The quantitative estimate of drug-likeness (QED) is 0.334. The summed E-state index contributed by atoms with van der Waals surface area (Å²) in [7, 11) is 0. The molecule has 0 saturated carbocycles. The van der Waals surface area contributed by atoms with Crippen LogP contribution in [0, 0.1) is 20.8 Å². The van der Waals surface area contributed by atoms with Crippen LogP contribution in [-0.2, 0) is 9.59 Å². The third-order valence-corrected chi connectivity index (χ3v) is 5.29. The van der Waals surface area contributed by atoms with Crippen molar-refractivity contribution in [3.8, 4) is 5.69 Å². The van der Waals surface area contributed by atoms with E-state index in [1.807, 2.05) is 31.4 Å². The average Bonchev–Trinajstić information content (AvgIpc) is 2.95. The molecule has 2 aromatic rings. The lowest BCUT2D eigenvalue weighted by atomic mass is 10.1. The maximum absolute atomic E-state index is 12.8. The van der Waals surface area contributed by atoms with E-state index >= 15 is 0 Å². The molecule has 2 amide bonds. The lowest BCUT2D eigenvalue weighted by Gasteiger charge is -2.27. The minimum atomic E-state index is -1.01. The summed E-state index contributed by atoms with van der Waals surface area (Å²) in [6.07, 6.45) is 3.06. The molecule has 154 valence electrons. The summed E-state index contributed by atoms with van der Waals surface area (Å²) in [4.78, 5) is 37.8. The van der Waals surface area contributed by atoms with E-state index < -0.39 is 17.8 Å². The van der Waals surface area contributed by atoms with E-state index in [9.17, 15) is 19.5 Å². The number of aromatic nitrogens is 1. The van der Waals surface area contributed by atoms with E-state index in [-0.39, 0.29) is 22.8 Å². The number of carboxylic acid groups (broad SMARTS) is 1. The first-order valence-corrected chi connectivity index (χ1v) is 9.59. The van der Waals surface area contributed by atoms with Crippen LogP contribution >= 0.6 is 12.2 Å². The van der Waals surface area contributed by atoms with Gasteiger partial charge < -0.3 is 9.67 Å². The number of carboxylic acids is 1. The van der Waals surface area contributed by atoms with Crippen LogP contribution < -0.4 is 5.32 Å². The summed E-state index contributed by atoms with van der Waals surface area (Å²) in [6.45, 7) is 9.42. The highest BCUT2D eigenvalue weighted by Crippen LogP contribution is 2.26. The van der Waals surface area contributed by atoms with Crippen molar-refractivity contribution in [1.29, 1.82) is 0 Å². The number of carbonyl (C=O) groups is 3. The molecule has 30 heavy (non-hydrogen) atoms. The zero-order chi connectivity index (χ0) is 22.2. The Balaban J connectivity index is 2.10. The van der Waals surface area contributed by atoms with Crippen molar-refractivity contribution in [2.45, 2.75) is 20.8 Å². The molecule has 0 unspecified atom stereocenters. The number of nitrogens with zero attached hydrogens (tertiary/aromatic N) is 2. The first-order valence-electron chi connectivity index (χ1n) is 9.18. The minimum Gasteiger partial charge on any atom is -0.478 e. The topological polar surface area (TPSA) is 91.6 Å². The van der Waals surface area contributed by atoms with Gasteiger partial charge >= 0.3 is 5.97 Å². The lowest BCUT2D eigenvalue weighted by molar-refractivity contribution is -0.128. The van der Waals surface area contributed by atoms with Crippen LogP contribution in [0.15, 0.2) is 42.5 Å². The van der Waals surface area contributed by atoms with Crippen molar-refractivity contribution >= 4 is 41.2 Å². The molecular formula is C22H21N3O4S. The van der Waals surface area contributed by atoms with Crippen molar-refractivity contribution < 1.29 is 19.5 Å². The number of aryl methyl sites for hydroxylation is 2. The van der Waals surface area contributed by atoms with E-state index in [2.05, 4.69) is 11.9 Å². The zero-order valence-corrected chi connectivity index (χ0v) is 17.7. The molecule has 1 aliphatic heterocycles. The van der Waals surface area contributed by atoms with Crippen LogP contribution in [0.25, 0.3) is 11.8 Å². The summed E-state index contributed by atoms with van der Waals surface area (Å²) >= 11 is 5.07. The van der Waals surface area contributed by atoms with Gasteiger partial charge in [0.2, 0.25) is 0 Å². The Kier molecular flexibility index (Phi) is 5.71. The number of hydrogen-bond acceptors (Lipinski definition) is 4. The number of nitrogens with one attached hydrogen (secondary N) is 1. The highest BCUT2D eigenvalue weighted by molar-refractivity contribution is 7.80. The summed E-state index contributed by atoms with van der Waals surface area (Å²) in [5, 5.41) is 11.9. The standard InChI is InChI=1S/C22H21N3O4S/c1-5-8-24-20(27)17(19(26)23-22(24)30)10-16-9-13(3)25(14(16)4)18-11-15(21(28)29)7-6-12(18)2/h5-7,9-11H,1,8H2,2-4H3,(H,28,29)(H,23,26,30)/b17-10+. The molecule has 1 saturated heterocycles. The van der Waals surface area contributed by atoms with Crippen LogP contribution in [0.1, 0.15) is 32.9 Å². The SMILES string of the molecule is C=CCN1C(=O)/C(=C/c2cc(C)n(-c3cc(C(=O)O)ccc3C)c2C)C(=O)NC1=S. The smallest absolute Gasteiger partial charge is 0.335 e. The van der Waals surface area contributed by atoms with Crippen LogP contribution in [0.4, 0.5) is 0 Å². The molecule has 2 N–H and O–H groups in total. The Hall–Kier alpha value is -3.52. The van der Waals surface area contributed by atoms with E-state index in [0.29, 0.717) is 5.56 Å². The van der Waals surface area contributed by atoms with Gasteiger partial charge in [0.1, 0.15) is 5.57 Å². The molecular weight excluding hydrogens is 402 g/mol. The van der Waals surface area contributed by atoms with Gasteiger partial charge in [0, 0.05) is 23.6 Å². The minimum absolute atomic E-state index is 0.0262. The van der Waals surface area contributed by atoms with Gasteiger partial charge in [0.05, 0.1) is 5.56 Å². The van der Waals surface area contributed by atoms with E-state index in [1.165, 1.54) is 17.1 Å². The molecule has 3 rings (SSSR count). The second-order valence-electron chi connectivity index (χ2n) is 6.99. The fourth-order valence-electron chi connectivity index (χ4n) is 3.43. The normalized spacial score (nSPS) is 15.5. The average molecular weight is 423 g/mol. The van der Waals surface area contributed by atoms with Gasteiger partial charge in [-0.05, 0) is 68.4 Å². The van der Waals surface area contributed by atoms with E-state index in [4.69, 9.17) is 12.2 Å². The van der Waals surface area contributed by atoms with Crippen LogP contribution in [-0.4, -0.2) is 44.0 Å². The summed E-state index contributed by atoms with van der Waals surface area (Å²) in [6, 6.07) is 6.76. The maximum Gasteiger partial charge on any atom is 0.335 e. The van der Waals surface area contributed by atoms with Crippen molar-refractivity contribution in [3.05, 3.63) is 70.6 Å². The molecule has 1 aromatic heterocycles. The monoisotopic (exact) mass is 423 g/mol. The number of thiocarbonyl (C=S) groups is 1. The third-order valence-electron chi connectivity index (χ3n) is 4.96. The van der Waals surface area contributed by atoms with Crippen LogP contribution in [0.5, 0.6) is 0 Å². The van der Waals surface area contributed by atoms with Gasteiger partial charge in [-0.25, -0.2) is 4.79 Å². The molecule has 1 aliphatic rings. The lowest BCUT2D eigenvalue weighted by Crippen LogP contribution is -2.53. The van der Waals surface area contributed by atoms with E-state index in [0.717, 1.165) is 22.6 Å².